The molecule has 0 aromatic heterocycles. The van der Waals surface area contributed by atoms with Crippen molar-refractivity contribution in [2.24, 2.45) is 0 Å². The summed E-state index contributed by atoms with van der Waals surface area (Å²) in [6.45, 7) is 3.40. The highest BCUT2D eigenvalue weighted by Gasteiger charge is 2.17. The smallest absolute Gasteiger partial charge is 0.161 e. The highest BCUT2D eigenvalue weighted by molar-refractivity contribution is 7.85. The summed E-state index contributed by atoms with van der Waals surface area (Å²) in [5, 5.41) is 3.53. The van der Waals surface area contributed by atoms with Gasteiger partial charge in [-0.05, 0) is 37.5 Å². The number of methoxy groups -OCH3 is 1. The molecule has 1 fully saturated rings. The van der Waals surface area contributed by atoms with Crippen molar-refractivity contribution in [3.05, 3.63) is 23.8 Å². The molecule has 0 saturated carbocycles. The molecule has 1 saturated heterocycles. The van der Waals surface area contributed by atoms with Gasteiger partial charge >= 0.3 is 0 Å². The van der Waals surface area contributed by atoms with Crippen molar-refractivity contribution in [2.45, 2.75) is 32.4 Å². The van der Waals surface area contributed by atoms with Crippen molar-refractivity contribution in [1.29, 1.82) is 0 Å². The van der Waals surface area contributed by atoms with Crippen LogP contribution in [0.4, 0.5) is 0 Å². The Bertz CT molecular complexity index is 454. The van der Waals surface area contributed by atoms with E-state index in [1.807, 2.05) is 19.1 Å². The summed E-state index contributed by atoms with van der Waals surface area (Å²) in [4.78, 5) is 0. The van der Waals surface area contributed by atoms with Crippen molar-refractivity contribution in [3.8, 4) is 11.5 Å². The molecule has 0 spiro atoms. The topological polar surface area (TPSA) is 47.6 Å². The van der Waals surface area contributed by atoms with Crippen LogP contribution in [0, 0.1) is 0 Å². The van der Waals surface area contributed by atoms with E-state index in [1.54, 1.807) is 7.11 Å². The lowest BCUT2D eigenvalue weighted by Crippen LogP contribution is -2.35. The second-order valence-electron chi connectivity index (χ2n) is 4.92. The Morgan fingerprint density at radius 1 is 1.30 bits per heavy atom. The maximum Gasteiger partial charge on any atom is 0.161 e. The molecule has 0 radical (unpaired) electrons. The monoisotopic (exact) mass is 297 g/mol. The molecule has 1 aromatic carbocycles. The molecule has 1 aliphatic heterocycles. The summed E-state index contributed by atoms with van der Waals surface area (Å²) < 4.78 is 22.2. The van der Waals surface area contributed by atoms with Gasteiger partial charge in [-0.3, -0.25) is 4.21 Å². The fourth-order valence-corrected chi connectivity index (χ4v) is 3.66. The van der Waals surface area contributed by atoms with Gasteiger partial charge < -0.3 is 14.8 Å². The van der Waals surface area contributed by atoms with Gasteiger partial charge in [0.2, 0.25) is 0 Å². The third-order valence-corrected chi connectivity index (χ3v) is 4.89. The van der Waals surface area contributed by atoms with Gasteiger partial charge in [0.1, 0.15) is 0 Å². The summed E-state index contributed by atoms with van der Waals surface area (Å²) in [6.07, 6.45) is 2.00. The van der Waals surface area contributed by atoms with E-state index in [2.05, 4.69) is 11.4 Å². The minimum Gasteiger partial charge on any atom is -0.493 e. The molecule has 0 atom stereocenters. The summed E-state index contributed by atoms with van der Waals surface area (Å²) in [7, 11) is 1.06. The minimum absolute atomic E-state index is 0.477. The summed E-state index contributed by atoms with van der Waals surface area (Å²) >= 11 is 0. The van der Waals surface area contributed by atoms with Crippen molar-refractivity contribution in [3.63, 3.8) is 0 Å². The van der Waals surface area contributed by atoms with Crippen LogP contribution < -0.4 is 14.8 Å². The first-order valence-electron chi connectivity index (χ1n) is 7.11. The molecule has 0 unspecified atom stereocenters. The number of hydrogen-bond donors (Lipinski definition) is 1. The number of hydrogen-bond acceptors (Lipinski definition) is 4. The lowest BCUT2D eigenvalue weighted by atomic mass is 10.1. The second-order valence-corrected chi connectivity index (χ2v) is 6.62. The predicted octanol–water partition coefficient (Wildman–Crippen LogP) is 2.09. The van der Waals surface area contributed by atoms with Crippen molar-refractivity contribution in [1.82, 2.24) is 5.32 Å². The Hall–Kier alpha value is -1.07. The molecular weight excluding hydrogens is 274 g/mol. The van der Waals surface area contributed by atoms with Gasteiger partial charge in [0, 0.05) is 34.9 Å². The molecule has 4 nitrogen and oxygen atoms in total. The zero-order valence-electron chi connectivity index (χ0n) is 12.2. The summed E-state index contributed by atoms with van der Waals surface area (Å²) in [6, 6.07) is 6.50. The van der Waals surface area contributed by atoms with Crippen LogP contribution in [-0.2, 0) is 17.3 Å². The number of benzene rings is 1. The number of nitrogens with one attached hydrogen (secondary N) is 1. The van der Waals surface area contributed by atoms with E-state index in [0.717, 1.165) is 42.4 Å². The lowest BCUT2D eigenvalue weighted by Gasteiger charge is -2.22. The molecule has 0 bridgehead atoms. The quantitative estimate of drug-likeness (QED) is 0.873. The third kappa shape index (κ3) is 4.21. The number of ether oxygens (including phenoxy) is 2. The van der Waals surface area contributed by atoms with Crippen LogP contribution in [0.5, 0.6) is 11.5 Å². The van der Waals surface area contributed by atoms with Crippen LogP contribution >= 0.6 is 0 Å². The van der Waals surface area contributed by atoms with Gasteiger partial charge in [-0.1, -0.05) is 6.07 Å². The SMILES string of the molecule is CCOc1ccc(CNC2CCS(=O)CC2)cc1OC. The third-order valence-electron chi connectivity index (χ3n) is 3.51. The molecule has 1 N–H and O–H groups in total. The van der Waals surface area contributed by atoms with E-state index in [0.29, 0.717) is 12.6 Å². The average Bonchev–Trinajstić information content (AvgIpc) is 2.48. The van der Waals surface area contributed by atoms with Crippen molar-refractivity contribution in [2.75, 3.05) is 25.2 Å². The molecule has 5 heteroatoms. The molecule has 112 valence electrons. The summed E-state index contributed by atoms with van der Waals surface area (Å²) in [5.74, 6) is 3.21. The van der Waals surface area contributed by atoms with E-state index in [4.69, 9.17) is 9.47 Å². The zero-order chi connectivity index (χ0) is 14.4. The molecule has 0 aliphatic carbocycles. The Kier molecular flexibility index (Phi) is 5.86. The Balaban J connectivity index is 1.91. The molecular formula is C15H23NO3S. The van der Waals surface area contributed by atoms with E-state index in [9.17, 15) is 4.21 Å². The van der Waals surface area contributed by atoms with Crippen LogP contribution in [0.1, 0.15) is 25.3 Å². The van der Waals surface area contributed by atoms with Crippen LogP contribution in [0.25, 0.3) is 0 Å². The highest BCUT2D eigenvalue weighted by atomic mass is 32.2. The van der Waals surface area contributed by atoms with Crippen LogP contribution in [0.15, 0.2) is 18.2 Å². The Morgan fingerprint density at radius 2 is 2.05 bits per heavy atom. The maximum atomic E-state index is 11.3. The van der Waals surface area contributed by atoms with E-state index >= 15 is 0 Å². The van der Waals surface area contributed by atoms with Crippen LogP contribution in [-0.4, -0.2) is 35.5 Å². The van der Waals surface area contributed by atoms with Gasteiger partial charge in [0.15, 0.2) is 11.5 Å². The molecule has 1 aliphatic rings. The van der Waals surface area contributed by atoms with Crippen molar-refractivity contribution >= 4 is 10.8 Å². The van der Waals surface area contributed by atoms with Gasteiger partial charge in [-0.25, -0.2) is 0 Å². The highest BCUT2D eigenvalue weighted by Crippen LogP contribution is 2.28. The Morgan fingerprint density at radius 3 is 2.70 bits per heavy atom. The Labute approximate surface area is 123 Å². The van der Waals surface area contributed by atoms with Gasteiger partial charge in [0.25, 0.3) is 0 Å². The normalized spacial score (nSPS) is 22.5. The lowest BCUT2D eigenvalue weighted by molar-refractivity contribution is 0.310. The standard InChI is InChI=1S/C15H23NO3S/c1-3-19-14-5-4-12(10-15(14)18-2)11-16-13-6-8-20(17)9-7-13/h4-5,10,13,16H,3,6-9,11H2,1-2H3. The maximum absolute atomic E-state index is 11.3. The first-order valence-corrected chi connectivity index (χ1v) is 8.59. The fourth-order valence-electron chi connectivity index (χ4n) is 2.36. The van der Waals surface area contributed by atoms with Crippen LogP contribution in [0.2, 0.25) is 0 Å². The molecule has 2 rings (SSSR count). The predicted molar refractivity (Wildman–Crippen MR) is 81.9 cm³/mol. The van der Waals surface area contributed by atoms with Gasteiger partial charge in [-0.15, -0.1) is 0 Å². The number of rotatable bonds is 6. The summed E-state index contributed by atoms with van der Waals surface area (Å²) in [5.41, 5.74) is 1.18. The average molecular weight is 297 g/mol. The minimum atomic E-state index is -0.596. The van der Waals surface area contributed by atoms with Crippen molar-refractivity contribution < 1.29 is 13.7 Å². The molecule has 0 amide bonds. The van der Waals surface area contributed by atoms with E-state index in [-0.39, 0.29) is 0 Å². The second kappa shape index (κ2) is 7.64. The first-order chi connectivity index (χ1) is 9.72. The van der Waals surface area contributed by atoms with E-state index < -0.39 is 10.8 Å². The zero-order valence-corrected chi connectivity index (χ0v) is 13.0. The molecule has 1 aromatic rings. The van der Waals surface area contributed by atoms with Crippen LogP contribution in [0.3, 0.4) is 0 Å². The van der Waals surface area contributed by atoms with Gasteiger partial charge in [0.05, 0.1) is 13.7 Å². The van der Waals surface area contributed by atoms with Gasteiger partial charge in [-0.2, -0.15) is 0 Å². The molecule has 1 heterocycles. The van der Waals surface area contributed by atoms with E-state index in [1.165, 1.54) is 5.56 Å². The fraction of sp³-hybridized carbons (Fsp3) is 0.600. The first kappa shape index (κ1) is 15.3. The molecule has 20 heavy (non-hydrogen) atoms. The largest absolute Gasteiger partial charge is 0.493 e.